The number of rotatable bonds is 18. The number of allylic oxidation sites excluding steroid dienone is 1. The van der Waals surface area contributed by atoms with Crippen molar-refractivity contribution in [1.82, 2.24) is 5.32 Å². The van der Waals surface area contributed by atoms with Gasteiger partial charge in [0, 0.05) is 23.3 Å². The van der Waals surface area contributed by atoms with Crippen LogP contribution in [0, 0.1) is 52.3 Å². The van der Waals surface area contributed by atoms with E-state index in [1.54, 1.807) is 0 Å². The Balaban J connectivity index is 1.58. The Bertz CT molecular complexity index is 1620. The van der Waals surface area contributed by atoms with Crippen LogP contribution in [0.1, 0.15) is 137 Å². The monoisotopic (exact) mass is 822 g/mol. The number of carbonyl (C=O) groups is 5. The molecule has 1 amide bonds. The number of alkyl carbamates (subject to hydrolysis) is 1. The summed E-state index contributed by atoms with van der Waals surface area (Å²) in [7, 11) is 0. The first-order valence-corrected chi connectivity index (χ1v) is 22.2. The van der Waals surface area contributed by atoms with Gasteiger partial charge >= 0.3 is 18.0 Å². The van der Waals surface area contributed by atoms with Gasteiger partial charge in [0.25, 0.3) is 12.9 Å². The first-order valence-electron chi connectivity index (χ1n) is 22.2. The summed E-state index contributed by atoms with van der Waals surface area (Å²) >= 11 is 0. The molecule has 11 heteroatoms. The maximum Gasteiger partial charge on any atom is 0.407 e. The average molecular weight is 822 g/mol. The van der Waals surface area contributed by atoms with E-state index in [1.807, 2.05) is 65.0 Å². The fraction of sp³-hybridized carbons (Fsp3) is 0.729. The van der Waals surface area contributed by atoms with Crippen molar-refractivity contribution in [3.8, 4) is 0 Å². The summed E-state index contributed by atoms with van der Waals surface area (Å²) in [6.45, 7) is 22.2. The zero-order valence-corrected chi connectivity index (χ0v) is 36.9. The van der Waals surface area contributed by atoms with Gasteiger partial charge in [0.1, 0.15) is 17.8 Å². The Morgan fingerprint density at radius 1 is 0.898 bits per heavy atom. The highest BCUT2D eigenvalue weighted by atomic mass is 16.6. The Morgan fingerprint density at radius 3 is 2.08 bits per heavy atom. The van der Waals surface area contributed by atoms with E-state index in [4.69, 9.17) is 23.7 Å². The van der Waals surface area contributed by atoms with Crippen LogP contribution >= 0.6 is 0 Å². The number of nitrogens with one attached hydrogen (secondary N) is 1. The summed E-state index contributed by atoms with van der Waals surface area (Å²) in [5.41, 5.74) is -0.610. The second-order valence-electron chi connectivity index (χ2n) is 19.5. The average Bonchev–Trinajstić information content (AvgIpc) is 3.55. The van der Waals surface area contributed by atoms with E-state index in [9.17, 15) is 24.0 Å². The standard InChI is InChI=1S/C48H71NO10/c1-10-13-23-55-42(52)41(43(53)56-24-14-11-2)48(33-17-15-32(16-18-33)28-49-44(54)59-45(5,6)7)22-21-46(8)34(27-48)25-38(57-29-50)40-36-20-19-35(31(4)12-3)47(36,9)39(58-30-51)26-37(40)46/h12,15-18,29-31,34-41H,3,10-11,13-14,19-28H2,1-2,4-9H3,(H,49,54)/t31-,34-,35-,36+,37+,38-,39+,40+,46+,47-,48+/m1/s1. The molecule has 4 saturated carbocycles. The molecule has 0 radical (unpaired) electrons. The van der Waals surface area contributed by atoms with E-state index in [2.05, 4.69) is 32.7 Å². The molecule has 59 heavy (non-hydrogen) atoms. The van der Waals surface area contributed by atoms with Gasteiger partial charge in [-0.1, -0.05) is 77.8 Å². The van der Waals surface area contributed by atoms with Crippen LogP contribution in [0.5, 0.6) is 0 Å². The molecule has 0 aromatic heterocycles. The smallest absolute Gasteiger partial charge is 0.407 e. The van der Waals surface area contributed by atoms with E-state index in [-0.39, 0.29) is 72.2 Å². The number of unbranched alkanes of at least 4 members (excludes halogenated alkanes) is 2. The predicted octanol–water partition coefficient (Wildman–Crippen LogP) is 9.04. The zero-order valence-electron chi connectivity index (χ0n) is 36.9. The molecule has 1 N–H and O–H groups in total. The molecule has 0 bridgehead atoms. The topological polar surface area (TPSA) is 144 Å². The largest absolute Gasteiger partial charge is 0.465 e. The van der Waals surface area contributed by atoms with Gasteiger partial charge in [-0.05, 0) is 125 Å². The predicted molar refractivity (Wildman–Crippen MR) is 224 cm³/mol. The number of esters is 2. The van der Waals surface area contributed by atoms with Crippen molar-refractivity contribution in [1.29, 1.82) is 0 Å². The highest BCUT2D eigenvalue weighted by molar-refractivity contribution is 5.97. The lowest BCUT2D eigenvalue weighted by atomic mass is 9.40. The van der Waals surface area contributed by atoms with E-state index in [0.29, 0.717) is 57.9 Å². The molecule has 328 valence electrons. The molecule has 11 nitrogen and oxygen atoms in total. The summed E-state index contributed by atoms with van der Waals surface area (Å²) < 4.78 is 29.5. The lowest BCUT2D eigenvalue weighted by Crippen LogP contribution is -2.64. The third kappa shape index (κ3) is 9.39. The number of amides is 1. The minimum absolute atomic E-state index is 0.0535. The maximum atomic E-state index is 14.4. The molecule has 0 spiro atoms. The van der Waals surface area contributed by atoms with Crippen LogP contribution in [0.2, 0.25) is 0 Å². The zero-order chi connectivity index (χ0) is 43.2. The number of hydrogen-bond acceptors (Lipinski definition) is 10. The fourth-order valence-corrected chi connectivity index (χ4v) is 12.2. The number of fused-ring (bicyclic) bond motifs is 5. The first-order chi connectivity index (χ1) is 28.0. The lowest BCUT2D eigenvalue weighted by molar-refractivity contribution is -0.218. The van der Waals surface area contributed by atoms with Gasteiger partial charge in [0.05, 0.1) is 13.2 Å². The van der Waals surface area contributed by atoms with E-state index in [1.165, 1.54) is 0 Å². The Kier molecular flexibility index (Phi) is 15.0. The van der Waals surface area contributed by atoms with Crippen LogP contribution in [-0.4, -0.2) is 62.0 Å². The van der Waals surface area contributed by atoms with Crippen LogP contribution < -0.4 is 5.32 Å². The quantitative estimate of drug-likeness (QED) is 0.0381. The molecule has 0 saturated heterocycles. The van der Waals surface area contributed by atoms with Crippen molar-refractivity contribution in [2.24, 2.45) is 52.3 Å². The van der Waals surface area contributed by atoms with Gasteiger partial charge in [-0.15, -0.1) is 6.58 Å². The minimum Gasteiger partial charge on any atom is -0.465 e. The second-order valence-corrected chi connectivity index (χ2v) is 19.5. The molecule has 4 fully saturated rings. The molecular formula is C48H71NO10. The van der Waals surface area contributed by atoms with Crippen molar-refractivity contribution < 1.29 is 47.7 Å². The van der Waals surface area contributed by atoms with Gasteiger partial charge in [-0.3, -0.25) is 19.2 Å². The van der Waals surface area contributed by atoms with Crippen molar-refractivity contribution in [3.63, 3.8) is 0 Å². The maximum absolute atomic E-state index is 14.4. The number of hydrogen-bond donors (Lipinski definition) is 1. The van der Waals surface area contributed by atoms with Crippen molar-refractivity contribution in [2.45, 2.75) is 156 Å². The summed E-state index contributed by atoms with van der Waals surface area (Å²) in [6, 6.07) is 7.77. The summed E-state index contributed by atoms with van der Waals surface area (Å²) in [5.74, 6) is -1.73. The molecule has 5 rings (SSSR count). The molecule has 0 unspecified atom stereocenters. The van der Waals surface area contributed by atoms with Crippen molar-refractivity contribution in [2.75, 3.05) is 13.2 Å². The van der Waals surface area contributed by atoms with Crippen LogP contribution in [0.3, 0.4) is 0 Å². The molecule has 11 atom stereocenters. The molecule has 1 aromatic carbocycles. The van der Waals surface area contributed by atoms with Crippen molar-refractivity contribution in [3.05, 3.63) is 48.0 Å². The van der Waals surface area contributed by atoms with Gasteiger partial charge in [0.2, 0.25) is 0 Å². The molecule has 4 aliphatic rings. The summed E-state index contributed by atoms with van der Waals surface area (Å²) in [6.07, 6.45) is 8.51. The van der Waals surface area contributed by atoms with Crippen LogP contribution in [-0.2, 0) is 54.8 Å². The lowest BCUT2D eigenvalue weighted by Gasteiger charge is -2.65. The minimum atomic E-state index is -1.23. The van der Waals surface area contributed by atoms with Crippen LogP contribution in [0.25, 0.3) is 0 Å². The highest BCUT2D eigenvalue weighted by Gasteiger charge is 2.69. The van der Waals surface area contributed by atoms with Crippen LogP contribution in [0.4, 0.5) is 4.79 Å². The van der Waals surface area contributed by atoms with Gasteiger partial charge < -0.3 is 29.0 Å². The number of benzene rings is 1. The highest BCUT2D eigenvalue weighted by Crippen LogP contribution is 2.70. The van der Waals surface area contributed by atoms with Crippen molar-refractivity contribution >= 4 is 31.0 Å². The van der Waals surface area contributed by atoms with Gasteiger partial charge in [-0.2, -0.15) is 0 Å². The first kappa shape index (κ1) is 46.2. The van der Waals surface area contributed by atoms with E-state index >= 15 is 0 Å². The second kappa shape index (κ2) is 19.2. The number of ether oxygens (including phenoxy) is 5. The fourth-order valence-electron chi connectivity index (χ4n) is 12.2. The van der Waals surface area contributed by atoms with E-state index in [0.717, 1.165) is 36.8 Å². The molecule has 0 aliphatic heterocycles. The Labute approximate surface area is 352 Å². The van der Waals surface area contributed by atoms with Gasteiger partial charge in [0.15, 0.2) is 5.92 Å². The molecule has 0 heterocycles. The van der Waals surface area contributed by atoms with E-state index < -0.39 is 41.1 Å². The summed E-state index contributed by atoms with van der Waals surface area (Å²) in [4.78, 5) is 65.9. The molecule has 4 aliphatic carbocycles. The summed E-state index contributed by atoms with van der Waals surface area (Å²) in [5, 5.41) is 2.82. The molecule has 1 aromatic rings. The Morgan fingerprint density at radius 2 is 1.53 bits per heavy atom. The molecular weight excluding hydrogens is 751 g/mol. The van der Waals surface area contributed by atoms with Crippen LogP contribution in [0.15, 0.2) is 36.9 Å². The van der Waals surface area contributed by atoms with Gasteiger partial charge in [-0.25, -0.2) is 4.79 Å². The number of carbonyl (C=O) groups excluding carboxylic acids is 5. The Hall–Kier alpha value is -3.89. The normalized spacial score (nSPS) is 32.9. The third-order valence-electron chi connectivity index (χ3n) is 15.3. The third-order valence-corrected chi connectivity index (χ3v) is 15.3. The SMILES string of the molecule is C=C[C@@H](C)[C@H]1CC[C@H]2[C@@H]3[C@H](OC=O)C[C@@H]4C[C@@](c5ccc(CNC(=O)OC(C)(C)C)cc5)(C(C(=O)OCCCC)C(=O)OCCCC)CC[C@]4(C)[C@H]3C[C@H](OC=O)[C@]12C.